The highest BCUT2D eigenvalue weighted by molar-refractivity contribution is 6.30. The number of carbonyl (C=O) groups excluding carboxylic acids is 3. The molecule has 2 amide bonds. The third kappa shape index (κ3) is 6.79. The number of halogens is 2. The van der Waals surface area contributed by atoms with E-state index in [0.717, 1.165) is 16.7 Å². The van der Waals surface area contributed by atoms with Crippen LogP contribution in [-0.2, 0) is 33.8 Å². The quantitative estimate of drug-likeness (QED) is 0.428. The van der Waals surface area contributed by atoms with Crippen LogP contribution in [0.2, 0.25) is 10.0 Å². The lowest BCUT2D eigenvalue weighted by atomic mass is 9.95. The second kappa shape index (κ2) is 11.6. The minimum Gasteiger partial charge on any atom is -0.298 e. The highest BCUT2D eigenvalue weighted by Gasteiger charge is 2.37. The number of hydrogen-bond donors (Lipinski definition) is 0. The van der Waals surface area contributed by atoms with Gasteiger partial charge in [0, 0.05) is 42.6 Å². The van der Waals surface area contributed by atoms with Gasteiger partial charge in [-0.1, -0.05) is 77.8 Å². The topological polar surface area (TPSA) is 57.7 Å². The Labute approximate surface area is 215 Å². The lowest BCUT2D eigenvalue weighted by Crippen LogP contribution is -2.44. The molecule has 0 spiro atoms. The Morgan fingerprint density at radius 1 is 0.743 bits per heavy atom. The van der Waals surface area contributed by atoms with E-state index >= 15 is 0 Å². The van der Waals surface area contributed by atoms with Gasteiger partial charge in [0.2, 0.25) is 11.8 Å². The van der Waals surface area contributed by atoms with Crippen LogP contribution < -0.4 is 0 Å². The second-order valence-electron chi connectivity index (χ2n) is 8.73. The van der Waals surface area contributed by atoms with Gasteiger partial charge >= 0.3 is 0 Å². The van der Waals surface area contributed by atoms with Crippen LogP contribution in [0.25, 0.3) is 0 Å². The van der Waals surface area contributed by atoms with E-state index in [-0.39, 0.29) is 37.6 Å². The second-order valence-corrected chi connectivity index (χ2v) is 9.60. The van der Waals surface area contributed by atoms with Crippen LogP contribution in [0.1, 0.15) is 16.7 Å². The number of imide groups is 1. The van der Waals surface area contributed by atoms with E-state index in [9.17, 15) is 14.4 Å². The van der Waals surface area contributed by atoms with Gasteiger partial charge in [0.25, 0.3) is 0 Å². The molecule has 35 heavy (non-hydrogen) atoms. The van der Waals surface area contributed by atoms with Crippen LogP contribution in [0, 0.1) is 5.92 Å². The Bertz CT molecular complexity index is 1180. The first-order valence-corrected chi connectivity index (χ1v) is 12.3. The van der Waals surface area contributed by atoms with Gasteiger partial charge in [-0.3, -0.25) is 24.2 Å². The summed E-state index contributed by atoms with van der Waals surface area (Å²) in [6, 6.07) is 23.9. The molecule has 0 radical (unpaired) electrons. The van der Waals surface area contributed by atoms with Gasteiger partial charge < -0.3 is 0 Å². The normalized spacial score (nSPS) is 16.7. The van der Waals surface area contributed by atoms with E-state index in [1.54, 1.807) is 48.5 Å². The van der Waals surface area contributed by atoms with Crippen LogP contribution in [0.3, 0.4) is 0 Å². The van der Waals surface area contributed by atoms with Crippen LogP contribution >= 0.6 is 23.2 Å². The largest absolute Gasteiger partial charge is 0.298 e. The van der Waals surface area contributed by atoms with Crippen LogP contribution in [0.15, 0.2) is 78.9 Å². The van der Waals surface area contributed by atoms with Crippen molar-refractivity contribution in [1.29, 1.82) is 0 Å². The molecule has 1 aliphatic rings. The lowest BCUT2D eigenvalue weighted by molar-refractivity contribution is -0.148. The van der Waals surface area contributed by atoms with Crippen LogP contribution in [-0.4, -0.2) is 47.0 Å². The van der Waals surface area contributed by atoms with Crippen molar-refractivity contribution in [2.24, 2.45) is 5.92 Å². The van der Waals surface area contributed by atoms with Crippen LogP contribution in [0.5, 0.6) is 0 Å². The molecule has 0 unspecified atom stereocenters. The molecule has 0 N–H and O–H groups in total. The van der Waals surface area contributed by atoms with Crippen molar-refractivity contribution in [3.05, 3.63) is 106 Å². The van der Waals surface area contributed by atoms with Gasteiger partial charge in [-0.25, -0.2) is 0 Å². The molecule has 0 saturated carbocycles. The fourth-order valence-electron chi connectivity index (χ4n) is 4.24. The fourth-order valence-corrected chi connectivity index (χ4v) is 4.49. The van der Waals surface area contributed by atoms with Gasteiger partial charge in [0.05, 0.1) is 6.42 Å². The third-order valence-corrected chi connectivity index (χ3v) is 6.65. The molecule has 0 bridgehead atoms. The summed E-state index contributed by atoms with van der Waals surface area (Å²) in [7, 11) is 0. The smallest absolute Gasteiger partial charge is 0.241 e. The zero-order valence-corrected chi connectivity index (χ0v) is 20.7. The van der Waals surface area contributed by atoms with Crippen molar-refractivity contribution in [1.82, 2.24) is 9.80 Å². The number of nitrogens with zero attached hydrogens (tertiary/aromatic N) is 2. The van der Waals surface area contributed by atoms with E-state index in [4.69, 9.17) is 23.2 Å². The predicted octanol–water partition coefficient (Wildman–Crippen LogP) is 4.83. The maximum atomic E-state index is 13.5. The number of rotatable bonds is 7. The summed E-state index contributed by atoms with van der Waals surface area (Å²) < 4.78 is 0. The summed E-state index contributed by atoms with van der Waals surface area (Å²) in [4.78, 5) is 43.4. The summed E-state index contributed by atoms with van der Waals surface area (Å²) in [5, 5.41) is 1.16. The third-order valence-electron chi connectivity index (χ3n) is 6.14. The molecule has 1 heterocycles. The van der Waals surface area contributed by atoms with E-state index in [0.29, 0.717) is 23.1 Å². The van der Waals surface area contributed by atoms with Crippen molar-refractivity contribution in [3.8, 4) is 0 Å². The Hall–Kier alpha value is -2.99. The molecule has 3 aromatic rings. The zero-order chi connectivity index (χ0) is 24.8. The Kier molecular flexibility index (Phi) is 8.34. The van der Waals surface area contributed by atoms with Crippen molar-refractivity contribution >= 4 is 40.8 Å². The average molecular weight is 509 g/mol. The molecule has 180 valence electrons. The molecule has 0 aromatic heterocycles. The molecule has 3 aromatic carbocycles. The summed E-state index contributed by atoms with van der Waals surface area (Å²) >= 11 is 11.9. The number of benzene rings is 3. The van der Waals surface area contributed by atoms with Crippen molar-refractivity contribution < 1.29 is 14.4 Å². The monoisotopic (exact) mass is 508 g/mol. The first-order chi connectivity index (χ1) is 16.9. The summed E-state index contributed by atoms with van der Waals surface area (Å²) in [5.41, 5.74) is 2.64. The van der Waals surface area contributed by atoms with E-state index in [2.05, 4.69) is 4.90 Å². The minimum absolute atomic E-state index is 0.0691. The molecule has 1 aliphatic heterocycles. The molecule has 1 saturated heterocycles. The van der Waals surface area contributed by atoms with Gasteiger partial charge in [0.1, 0.15) is 5.92 Å². The zero-order valence-electron chi connectivity index (χ0n) is 19.2. The standard InChI is InChI=1S/C28H26Cl2N2O3/c29-23-10-6-20(7-11-23)16-26(33)25-19-31(18-22-4-2-1-3-5-22)14-15-32(28(25)35)27(34)17-21-8-12-24(30)13-9-21/h1-13,25H,14-19H2/t25-/m1/s1. The predicted molar refractivity (Wildman–Crippen MR) is 137 cm³/mol. The average Bonchev–Trinajstić information content (AvgIpc) is 3.01. The number of carbonyl (C=O) groups is 3. The summed E-state index contributed by atoms with van der Waals surface area (Å²) in [6.45, 7) is 1.60. The summed E-state index contributed by atoms with van der Waals surface area (Å²) in [6.07, 6.45) is 0.172. The Balaban J connectivity index is 1.55. The molecule has 1 atom stereocenters. The van der Waals surface area contributed by atoms with E-state index < -0.39 is 11.8 Å². The molecule has 4 rings (SSSR count). The molecule has 1 fully saturated rings. The molecule has 5 nitrogen and oxygen atoms in total. The lowest BCUT2D eigenvalue weighted by Gasteiger charge is -2.22. The van der Waals surface area contributed by atoms with Gasteiger partial charge in [-0.05, 0) is 41.0 Å². The van der Waals surface area contributed by atoms with E-state index in [1.807, 2.05) is 30.3 Å². The maximum Gasteiger partial charge on any atom is 0.241 e. The number of Topliss-reactive ketones (excluding diaryl/α,β-unsaturated/α-hetero) is 1. The number of hydrogen-bond acceptors (Lipinski definition) is 4. The van der Waals surface area contributed by atoms with Crippen molar-refractivity contribution in [2.45, 2.75) is 19.4 Å². The highest BCUT2D eigenvalue weighted by Crippen LogP contribution is 2.20. The molecular formula is C28H26Cl2N2O3. The first-order valence-electron chi connectivity index (χ1n) is 11.5. The SMILES string of the molecule is O=C(Cc1ccc(Cl)cc1)[C@H]1CN(Cc2ccccc2)CCN(C(=O)Cc2ccc(Cl)cc2)C1=O. The Morgan fingerprint density at radius 2 is 1.31 bits per heavy atom. The van der Waals surface area contributed by atoms with Crippen molar-refractivity contribution in [2.75, 3.05) is 19.6 Å². The minimum atomic E-state index is -0.925. The fraction of sp³-hybridized carbons (Fsp3) is 0.250. The number of amides is 2. The van der Waals surface area contributed by atoms with Gasteiger partial charge in [0.15, 0.2) is 5.78 Å². The summed E-state index contributed by atoms with van der Waals surface area (Å²) in [5.74, 6) is -1.88. The first kappa shape index (κ1) is 25.1. The van der Waals surface area contributed by atoms with Gasteiger partial charge in [-0.2, -0.15) is 0 Å². The Morgan fingerprint density at radius 3 is 1.91 bits per heavy atom. The molecule has 7 heteroatoms. The van der Waals surface area contributed by atoms with Crippen LogP contribution in [0.4, 0.5) is 0 Å². The number of ketones is 1. The highest BCUT2D eigenvalue weighted by atomic mass is 35.5. The molecular weight excluding hydrogens is 483 g/mol. The van der Waals surface area contributed by atoms with Gasteiger partial charge in [-0.15, -0.1) is 0 Å². The molecule has 0 aliphatic carbocycles. The van der Waals surface area contributed by atoms with E-state index in [1.165, 1.54) is 4.90 Å². The maximum absolute atomic E-state index is 13.5. The van der Waals surface area contributed by atoms with Crippen molar-refractivity contribution in [3.63, 3.8) is 0 Å².